The number of amides is 1. The predicted molar refractivity (Wildman–Crippen MR) is 213 cm³/mol. The summed E-state index contributed by atoms with van der Waals surface area (Å²) in [6.07, 6.45) is 11.6. The number of halogens is 1. The number of allylic oxidation sites excluding steroid dienone is 1. The van der Waals surface area contributed by atoms with Gasteiger partial charge >= 0.3 is 6.09 Å². The van der Waals surface area contributed by atoms with Crippen LogP contribution in [-0.4, -0.2) is 67.8 Å². The molecule has 3 N–H and O–H groups in total. The van der Waals surface area contributed by atoms with E-state index in [0.29, 0.717) is 12.5 Å². The Morgan fingerprint density at radius 2 is 1.78 bits per heavy atom. The Morgan fingerprint density at radius 1 is 1.02 bits per heavy atom. The number of aryl methyl sites for hydroxylation is 1. The molecule has 3 aliphatic rings. The van der Waals surface area contributed by atoms with Crippen LogP contribution in [0.5, 0.6) is 0 Å². The van der Waals surface area contributed by atoms with E-state index in [4.69, 9.17) is 10.5 Å². The third kappa shape index (κ3) is 8.16. The molecule has 3 heterocycles. The van der Waals surface area contributed by atoms with Gasteiger partial charge in [0.15, 0.2) is 0 Å². The van der Waals surface area contributed by atoms with E-state index in [1.54, 1.807) is 48.7 Å². The lowest BCUT2D eigenvalue weighted by Gasteiger charge is -2.51. The molecule has 10 nitrogen and oxygen atoms in total. The van der Waals surface area contributed by atoms with Gasteiger partial charge in [-0.1, -0.05) is 31.2 Å². The van der Waals surface area contributed by atoms with Gasteiger partial charge < -0.3 is 30.2 Å². The van der Waals surface area contributed by atoms with Crippen LogP contribution in [0.3, 0.4) is 0 Å². The minimum atomic E-state index is -3.66. The summed E-state index contributed by atoms with van der Waals surface area (Å²) in [5.74, 6) is 1.43. The number of likely N-dealkylation sites (tertiary alicyclic amines) is 1. The summed E-state index contributed by atoms with van der Waals surface area (Å²) in [5.41, 5.74) is 7.82. The number of aromatic nitrogens is 2. The molecule has 0 radical (unpaired) electrons. The average Bonchev–Trinajstić information content (AvgIpc) is 3.83. The summed E-state index contributed by atoms with van der Waals surface area (Å²) in [4.78, 5) is 22.2. The van der Waals surface area contributed by atoms with E-state index in [-0.39, 0.29) is 33.5 Å². The van der Waals surface area contributed by atoms with Crippen LogP contribution in [0.15, 0.2) is 107 Å². The number of nitrogens with two attached hydrogens (primary N) is 1. The first-order valence-electron chi connectivity index (χ1n) is 19.6. The SMILES string of the molecule is CC=CNc1cccc(S(=O)(=O)c2ccc(N3CC(CN4CCC(C(Cn5ccnc5CC)(c5cccc(F)c5)[C@H]5CCC[C@@H]5OC(N)=O)CC4)C3)cc2)c1. The van der Waals surface area contributed by atoms with E-state index in [1.807, 2.05) is 43.6 Å². The van der Waals surface area contributed by atoms with Gasteiger partial charge in [0.25, 0.3) is 0 Å². The summed E-state index contributed by atoms with van der Waals surface area (Å²) in [5, 5.41) is 3.09. The van der Waals surface area contributed by atoms with Gasteiger partial charge in [-0.05, 0) is 124 Å². The Balaban J connectivity index is 1.03. The lowest BCUT2D eigenvalue weighted by atomic mass is 9.58. The number of piperidine rings is 1. The molecule has 2 aliphatic heterocycles. The Labute approximate surface area is 324 Å². The molecule has 55 heavy (non-hydrogen) atoms. The maximum Gasteiger partial charge on any atom is 0.404 e. The minimum Gasteiger partial charge on any atom is -0.446 e. The van der Waals surface area contributed by atoms with E-state index in [9.17, 15) is 13.2 Å². The maximum absolute atomic E-state index is 15.1. The fourth-order valence-corrected chi connectivity index (χ4v) is 10.9. The van der Waals surface area contributed by atoms with Gasteiger partial charge in [0.2, 0.25) is 9.84 Å². The normalized spacial score (nSPS) is 21.0. The van der Waals surface area contributed by atoms with E-state index < -0.39 is 21.3 Å². The molecule has 7 rings (SSSR count). The van der Waals surface area contributed by atoms with Crippen LogP contribution in [0.1, 0.15) is 57.3 Å². The first-order chi connectivity index (χ1) is 26.6. The van der Waals surface area contributed by atoms with Crippen molar-refractivity contribution in [3.63, 3.8) is 0 Å². The molecule has 3 fully saturated rings. The van der Waals surface area contributed by atoms with Crippen molar-refractivity contribution < 1.29 is 22.3 Å². The molecule has 3 atom stereocenters. The van der Waals surface area contributed by atoms with Crippen LogP contribution in [0, 0.1) is 23.6 Å². The van der Waals surface area contributed by atoms with Crippen molar-refractivity contribution in [2.75, 3.05) is 42.9 Å². The second kappa shape index (κ2) is 16.6. The molecule has 1 saturated carbocycles. The maximum atomic E-state index is 15.1. The topological polar surface area (TPSA) is 123 Å². The fraction of sp³-hybridized carbons (Fsp3) is 0.442. The number of sulfone groups is 1. The third-order valence-corrected chi connectivity index (χ3v) is 13.9. The van der Waals surface area contributed by atoms with Gasteiger partial charge in [-0.3, -0.25) is 0 Å². The van der Waals surface area contributed by atoms with Gasteiger partial charge in [0.05, 0.1) is 9.79 Å². The van der Waals surface area contributed by atoms with E-state index in [1.165, 1.54) is 6.07 Å². The quantitative estimate of drug-likeness (QED) is 0.136. The third-order valence-electron chi connectivity index (χ3n) is 12.2. The van der Waals surface area contributed by atoms with Crippen LogP contribution in [0.4, 0.5) is 20.6 Å². The highest BCUT2D eigenvalue weighted by Gasteiger charge is 2.53. The summed E-state index contributed by atoms with van der Waals surface area (Å²) in [6, 6.07) is 21.1. The number of rotatable bonds is 14. The van der Waals surface area contributed by atoms with Crippen molar-refractivity contribution in [2.24, 2.45) is 23.5 Å². The molecule has 4 aromatic rings. The van der Waals surface area contributed by atoms with Gasteiger partial charge in [-0.15, -0.1) is 0 Å². The number of anilines is 2. The van der Waals surface area contributed by atoms with Crippen molar-refractivity contribution in [1.29, 1.82) is 0 Å². The monoisotopic (exact) mass is 768 g/mol. The van der Waals surface area contributed by atoms with Gasteiger partial charge in [0, 0.05) is 73.6 Å². The summed E-state index contributed by atoms with van der Waals surface area (Å²) in [7, 11) is -3.66. The Kier molecular flexibility index (Phi) is 11.6. The lowest BCUT2D eigenvalue weighted by Crippen LogP contribution is -2.55. The van der Waals surface area contributed by atoms with E-state index in [2.05, 4.69) is 37.7 Å². The lowest BCUT2D eigenvalue weighted by molar-refractivity contribution is 0.00364. The number of ether oxygens (including phenoxy) is 1. The first-order valence-corrected chi connectivity index (χ1v) is 21.1. The van der Waals surface area contributed by atoms with Crippen LogP contribution < -0.4 is 16.0 Å². The van der Waals surface area contributed by atoms with Gasteiger partial charge in [-0.25, -0.2) is 22.6 Å². The molecule has 3 aromatic carbocycles. The Hall–Kier alpha value is -4.68. The van der Waals surface area contributed by atoms with Crippen LogP contribution in [-0.2, 0) is 33.0 Å². The molecule has 0 spiro atoms. The molecule has 1 amide bonds. The number of benzene rings is 3. The molecule has 1 aliphatic carbocycles. The van der Waals surface area contributed by atoms with E-state index in [0.717, 1.165) is 94.0 Å². The molecule has 1 unspecified atom stereocenters. The van der Waals surface area contributed by atoms with E-state index >= 15 is 4.39 Å². The summed E-state index contributed by atoms with van der Waals surface area (Å²) >= 11 is 0. The first kappa shape index (κ1) is 38.6. The predicted octanol–water partition coefficient (Wildman–Crippen LogP) is 7.41. The number of imidazole rings is 1. The second-order valence-corrected chi connectivity index (χ2v) is 17.4. The van der Waals surface area contributed by atoms with Crippen LogP contribution in [0.25, 0.3) is 0 Å². The number of hydrogen-bond acceptors (Lipinski definition) is 8. The molecule has 292 valence electrons. The van der Waals surface area contributed by atoms with Crippen molar-refractivity contribution in [3.05, 3.63) is 115 Å². The molecular weight excluding hydrogens is 716 g/mol. The molecule has 1 aromatic heterocycles. The number of primary amides is 1. The minimum absolute atomic E-state index is 0.0163. The number of nitrogens with zero attached hydrogens (tertiary/aromatic N) is 4. The number of carbonyl (C=O) groups excluding carboxylic acids is 1. The highest BCUT2D eigenvalue weighted by atomic mass is 32.2. The van der Waals surface area contributed by atoms with Gasteiger partial charge in [0.1, 0.15) is 17.7 Å². The Bertz CT molecular complexity index is 2070. The highest BCUT2D eigenvalue weighted by molar-refractivity contribution is 7.91. The van der Waals surface area contributed by atoms with Crippen molar-refractivity contribution in [1.82, 2.24) is 14.5 Å². The van der Waals surface area contributed by atoms with Crippen molar-refractivity contribution in [3.8, 4) is 0 Å². The molecule has 0 bridgehead atoms. The fourth-order valence-electron chi connectivity index (χ4n) is 9.55. The number of carbonyl (C=O) groups is 1. The smallest absolute Gasteiger partial charge is 0.404 e. The molecular formula is C43H53FN6O4S. The zero-order valence-corrected chi connectivity index (χ0v) is 32.6. The number of nitrogens with one attached hydrogen (secondary N) is 1. The molecule has 12 heteroatoms. The van der Waals surface area contributed by atoms with Crippen molar-refractivity contribution >= 4 is 27.3 Å². The van der Waals surface area contributed by atoms with Crippen molar-refractivity contribution in [2.45, 2.75) is 80.2 Å². The standard InChI is InChI=1S/C43H53FN6O4S/c1-3-20-46-35-10-6-11-38(26-35)55(52,53)37-16-14-36(15-17-37)50-28-31(29-50)27-48-22-18-32(19-23-48)43(33-8-5-9-34(44)25-33,30-49-24-21-47-41(49)4-2)39-12-7-13-40(39)54-42(45)51/h3,5-6,8-11,14-17,20-21,24-26,31-32,39-40,46H,4,7,12-13,18-19,22-23,27-30H2,1-2H3,(H2,45,51)/t39-,40-,43?/m0/s1. The summed E-state index contributed by atoms with van der Waals surface area (Å²) in [6.45, 7) is 9.28. The second-order valence-electron chi connectivity index (χ2n) is 15.4. The van der Waals surface area contributed by atoms with Gasteiger partial charge in [-0.2, -0.15) is 0 Å². The summed E-state index contributed by atoms with van der Waals surface area (Å²) < 4.78 is 50.0. The Morgan fingerprint density at radius 3 is 2.49 bits per heavy atom. The zero-order chi connectivity index (χ0) is 38.6. The van der Waals surface area contributed by atoms with Crippen LogP contribution in [0.2, 0.25) is 0 Å². The molecule has 2 saturated heterocycles. The highest BCUT2D eigenvalue weighted by Crippen LogP contribution is 2.52. The van der Waals surface area contributed by atoms with Crippen LogP contribution >= 0.6 is 0 Å². The largest absolute Gasteiger partial charge is 0.446 e. The zero-order valence-electron chi connectivity index (χ0n) is 31.8. The average molecular weight is 769 g/mol. The number of hydrogen-bond donors (Lipinski definition) is 2.